The van der Waals surface area contributed by atoms with Crippen molar-refractivity contribution in [3.8, 4) is 101 Å². The van der Waals surface area contributed by atoms with Gasteiger partial charge in [-0.15, -0.1) is 0 Å². The van der Waals surface area contributed by atoms with Gasteiger partial charge >= 0.3 is 6.18 Å². The highest BCUT2D eigenvalue weighted by molar-refractivity contribution is 6.13. The van der Waals surface area contributed by atoms with E-state index in [2.05, 4.69) is 130 Å². The molecule has 0 saturated heterocycles. The van der Waals surface area contributed by atoms with Gasteiger partial charge in [-0.2, -0.15) is 13.2 Å². The number of rotatable bonds is 10. The van der Waals surface area contributed by atoms with E-state index < -0.39 is 11.7 Å². The van der Waals surface area contributed by atoms with Crippen LogP contribution in [-0.4, -0.2) is 19.1 Å². The number of aromatic nitrogens is 4. The maximum atomic E-state index is 16.4. The zero-order valence-corrected chi connectivity index (χ0v) is 45.2. The third-order valence-corrected chi connectivity index (χ3v) is 16.2. The quantitative estimate of drug-likeness (QED) is 0.137. The van der Waals surface area contributed by atoms with Crippen molar-refractivity contribution in [3.63, 3.8) is 0 Å². The van der Waals surface area contributed by atoms with E-state index in [0.29, 0.717) is 39.7 Å². The molecular weight excluding hydrogens is 1040 g/mol. The first-order valence-electron chi connectivity index (χ1n) is 28.0. The lowest BCUT2D eigenvalue weighted by atomic mass is 9.94. The van der Waals surface area contributed by atoms with Crippen molar-refractivity contribution >= 4 is 43.6 Å². The van der Waals surface area contributed by atoms with Crippen LogP contribution in [0, 0.1) is 0 Å². The van der Waals surface area contributed by atoms with E-state index in [9.17, 15) is 0 Å². The smallest absolute Gasteiger partial charge is 0.309 e. The first-order chi connectivity index (χ1) is 41.3. The third-order valence-electron chi connectivity index (χ3n) is 16.2. The molecule has 15 aromatic rings. The summed E-state index contributed by atoms with van der Waals surface area (Å²) in [5.74, 6) is 0.376. The number of alkyl halides is 3. The molecule has 0 aliphatic rings. The number of benzene rings is 12. The molecule has 7 heteroatoms. The molecular formula is C77H49F3N4. The van der Waals surface area contributed by atoms with Gasteiger partial charge in [0.15, 0.2) is 5.82 Å². The summed E-state index contributed by atoms with van der Waals surface area (Å²) in [6, 6.07) is 98.7. The monoisotopic (exact) mass is 1090 g/mol. The van der Waals surface area contributed by atoms with Crippen molar-refractivity contribution in [2.45, 2.75) is 6.18 Å². The molecule has 0 bridgehead atoms. The second-order valence-corrected chi connectivity index (χ2v) is 21.2. The topological polar surface area (TPSA) is 35.6 Å². The Kier molecular flexibility index (Phi) is 12.3. The van der Waals surface area contributed by atoms with Crippen LogP contribution in [-0.2, 0) is 6.18 Å². The van der Waals surface area contributed by atoms with Gasteiger partial charge in [0.25, 0.3) is 0 Å². The summed E-state index contributed by atoms with van der Waals surface area (Å²) in [5.41, 5.74) is 16.2. The van der Waals surface area contributed by atoms with E-state index in [4.69, 9.17) is 9.97 Å². The molecule has 4 nitrogen and oxygen atoms in total. The number of hydrogen-bond donors (Lipinski definition) is 0. The average Bonchev–Trinajstić information content (AvgIpc) is 1.79. The first-order valence-corrected chi connectivity index (χ1v) is 28.0. The molecule has 0 atom stereocenters. The molecule has 3 heterocycles. The van der Waals surface area contributed by atoms with E-state index in [1.807, 2.05) is 158 Å². The van der Waals surface area contributed by atoms with Gasteiger partial charge in [-0.25, -0.2) is 9.97 Å². The molecule has 12 aromatic carbocycles. The Morgan fingerprint density at radius 1 is 0.262 bits per heavy atom. The van der Waals surface area contributed by atoms with Gasteiger partial charge in [-0.3, -0.25) is 0 Å². The van der Waals surface area contributed by atoms with Gasteiger partial charge in [-0.1, -0.05) is 206 Å². The van der Waals surface area contributed by atoms with Gasteiger partial charge in [0.1, 0.15) is 0 Å². The highest BCUT2D eigenvalue weighted by Crippen LogP contribution is 2.47. The van der Waals surface area contributed by atoms with Crippen molar-refractivity contribution in [2.75, 3.05) is 0 Å². The summed E-state index contributed by atoms with van der Waals surface area (Å²) in [4.78, 5) is 10.4. The van der Waals surface area contributed by atoms with Gasteiger partial charge < -0.3 is 9.13 Å². The van der Waals surface area contributed by atoms with E-state index in [0.717, 1.165) is 99.2 Å². The molecule has 0 aliphatic carbocycles. The summed E-state index contributed by atoms with van der Waals surface area (Å²) in [5, 5.41) is 3.89. The summed E-state index contributed by atoms with van der Waals surface area (Å²) in [7, 11) is 0. The number of nitrogens with zero attached hydrogens (tertiary/aromatic N) is 4. The number of fused-ring (bicyclic) bond motifs is 6. The fraction of sp³-hybridized carbons (Fsp3) is 0.0130. The summed E-state index contributed by atoms with van der Waals surface area (Å²) in [6.07, 6.45) is -4.77. The van der Waals surface area contributed by atoms with E-state index >= 15 is 13.2 Å². The van der Waals surface area contributed by atoms with Gasteiger partial charge in [0, 0.05) is 49.5 Å². The minimum Gasteiger partial charge on any atom is -0.309 e. The third kappa shape index (κ3) is 9.00. The summed E-state index contributed by atoms with van der Waals surface area (Å²) >= 11 is 0. The molecule has 0 unspecified atom stereocenters. The molecule has 0 radical (unpaired) electrons. The zero-order chi connectivity index (χ0) is 56.3. The van der Waals surface area contributed by atoms with Crippen molar-refractivity contribution in [1.82, 2.24) is 19.1 Å². The van der Waals surface area contributed by atoms with E-state index in [1.54, 1.807) is 12.1 Å². The molecule has 0 N–H and O–H groups in total. The van der Waals surface area contributed by atoms with Crippen LogP contribution in [0.4, 0.5) is 13.2 Å². The second kappa shape index (κ2) is 20.6. The molecule has 3 aromatic heterocycles. The number of hydrogen-bond acceptors (Lipinski definition) is 2. The highest BCUT2D eigenvalue weighted by Gasteiger charge is 2.35. The molecule has 0 aliphatic heterocycles. The van der Waals surface area contributed by atoms with E-state index in [1.165, 1.54) is 6.07 Å². The van der Waals surface area contributed by atoms with E-state index in [-0.39, 0.29) is 5.56 Å². The highest BCUT2D eigenvalue weighted by atomic mass is 19.4. The molecule has 15 rings (SSSR count). The van der Waals surface area contributed by atoms with Gasteiger partial charge in [-0.05, 0) is 141 Å². The van der Waals surface area contributed by atoms with Crippen LogP contribution in [0.2, 0.25) is 0 Å². The summed E-state index contributed by atoms with van der Waals surface area (Å²) in [6.45, 7) is 0. The zero-order valence-electron chi connectivity index (χ0n) is 45.2. The molecule has 0 spiro atoms. The predicted octanol–water partition coefficient (Wildman–Crippen LogP) is 21.0. The molecule has 0 fully saturated rings. The van der Waals surface area contributed by atoms with Crippen molar-refractivity contribution < 1.29 is 13.2 Å². The lowest BCUT2D eigenvalue weighted by molar-refractivity contribution is -0.137. The largest absolute Gasteiger partial charge is 0.417 e. The van der Waals surface area contributed by atoms with Crippen molar-refractivity contribution in [1.29, 1.82) is 0 Å². The summed E-state index contributed by atoms with van der Waals surface area (Å²) < 4.78 is 53.4. The lowest BCUT2D eigenvalue weighted by Crippen LogP contribution is -2.10. The molecule has 0 saturated carbocycles. The standard InChI is InChI=1S/C77H49F3N4/c78-77(79,80)68-37-36-61(83-71-38-31-56(50-19-7-1-8-20-50)43-64(71)65-44-57(32-39-72(65)83)51-21-9-2-10-22-51)48-62(68)63-47-60(76-81-69(54-27-15-5-16-28-54)49-70(82-76)55-29-17-6-18-30-55)35-42-73(63)84-74-40-33-58(52-23-11-3-12-24-52)45-66(74)67-46-59(34-41-75(67)84)53-25-13-4-14-26-53/h1-49H. The van der Waals surface area contributed by atoms with Crippen LogP contribution >= 0.6 is 0 Å². The Bertz CT molecular complexity index is 4710. The average molecular weight is 1090 g/mol. The minimum absolute atomic E-state index is 0.00738. The number of halogens is 3. The molecule has 84 heavy (non-hydrogen) atoms. The van der Waals surface area contributed by atoms with Crippen LogP contribution in [0.15, 0.2) is 297 Å². The Balaban J connectivity index is 1.02. The van der Waals surface area contributed by atoms with Crippen LogP contribution in [0.5, 0.6) is 0 Å². The van der Waals surface area contributed by atoms with Crippen LogP contribution < -0.4 is 0 Å². The van der Waals surface area contributed by atoms with Crippen molar-refractivity contribution in [2.24, 2.45) is 0 Å². The van der Waals surface area contributed by atoms with Crippen molar-refractivity contribution in [3.05, 3.63) is 303 Å². The van der Waals surface area contributed by atoms with Crippen LogP contribution in [0.25, 0.3) is 145 Å². The minimum atomic E-state index is -4.77. The van der Waals surface area contributed by atoms with Crippen LogP contribution in [0.1, 0.15) is 5.56 Å². The second-order valence-electron chi connectivity index (χ2n) is 21.2. The fourth-order valence-electron chi connectivity index (χ4n) is 12.1. The Hall–Kier alpha value is -10.9. The fourth-order valence-corrected chi connectivity index (χ4v) is 12.1. The maximum absolute atomic E-state index is 16.4. The van der Waals surface area contributed by atoms with Gasteiger partial charge in [0.05, 0.1) is 44.7 Å². The maximum Gasteiger partial charge on any atom is 0.417 e. The predicted molar refractivity (Wildman–Crippen MR) is 339 cm³/mol. The van der Waals surface area contributed by atoms with Gasteiger partial charge in [0.2, 0.25) is 0 Å². The molecule has 398 valence electrons. The SMILES string of the molecule is FC(F)(F)c1ccc(-n2c3ccc(-c4ccccc4)cc3c3cc(-c4ccccc4)ccc32)cc1-c1cc(-c2nc(-c3ccccc3)cc(-c3ccccc3)n2)ccc1-n1c2ccc(-c3ccccc3)cc2c2cc(-c3ccccc3)ccc21. The lowest BCUT2D eigenvalue weighted by Gasteiger charge is -2.21. The molecule has 0 amide bonds. The Morgan fingerprint density at radius 2 is 0.607 bits per heavy atom. The Labute approximate surface area is 483 Å². The van der Waals surface area contributed by atoms with Crippen LogP contribution in [0.3, 0.4) is 0 Å². The normalized spacial score (nSPS) is 11.8. The first kappa shape index (κ1) is 50.1. The Morgan fingerprint density at radius 3 is 0.976 bits per heavy atom.